The van der Waals surface area contributed by atoms with Crippen molar-refractivity contribution in [1.29, 1.82) is 5.26 Å². The molecule has 1 fully saturated rings. The molecule has 4 heteroatoms. The Morgan fingerprint density at radius 3 is 2.83 bits per heavy atom. The maximum absolute atomic E-state index is 8.95. The summed E-state index contributed by atoms with van der Waals surface area (Å²) in [4.78, 5) is 0. The monoisotopic (exact) mass is 245 g/mol. The zero-order valence-corrected chi connectivity index (χ0v) is 10.6. The van der Waals surface area contributed by atoms with Crippen LogP contribution < -0.4 is 11.1 Å². The van der Waals surface area contributed by atoms with E-state index in [9.17, 15) is 0 Å². The molecule has 0 amide bonds. The van der Waals surface area contributed by atoms with Gasteiger partial charge < -0.3 is 15.8 Å². The Morgan fingerprint density at radius 1 is 1.44 bits per heavy atom. The van der Waals surface area contributed by atoms with Crippen LogP contribution in [0.1, 0.15) is 25.3 Å². The molecule has 0 saturated carbocycles. The molecule has 0 spiro atoms. The van der Waals surface area contributed by atoms with Crippen LogP contribution >= 0.6 is 0 Å². The molecule has 1 aromatic carbocycles. The first-order chi connectivity index (χ1) is 8.70. The van der Waals surface area contributed by atoms with Gasteiger partial charge in [0, 0.05) is 30.6 Å². The van der Waals surface area contributed by atoms with Crippen molar-refractivity contribution in [3.63, 3.8) is 0 Å². The number of nitriles is 1. The van der Waals surface area contributed by atoms with Crippen molar-refractivity contribution >= 4 is 11.4 Å². The summed E-state index contributed by atoms with van der Waals surface area (Å²) in [5.41, 5.74) is 7.72. The first-order valence-electron chi connectivity index (χ1n) is 6.34. The van der Waals surface area contributed by atoms with E-state index >= 15 is 0 Å². The van der Waals surface area contributed by atoms with Crippen LogP contribution in [0.4, 0.5) is 11.4 Å². The lowest BCUT2D eigenvalue weighted by Gasteiger charge is -2.29. The van der Waals surface area contributed by atoms with Gasteiger partial charge in [-0.1, -0.05) is 0 Å². The number of anilines is 2. The number of hydrogen-bond donors (Lipinski definition) is 2. The van der Waals surface area contributed by atoms with Crippen LogP contribution in [0.2, 0.25) is 0 Å². The van der Waals surface area contributed by atoms with Crippen molar-refractivity contribution in [3.8, 4) is 6.07 Å². The Hall–Kier alpha value is -1.73. The quantitative estimate of drug-likeness (QED) is 0.802. The summed E-state index contributed by atoms with van der Waals surface area (Å²) in [5.74, 6) is 0.627. The van der Waals surface area contributed by atoms with Crippen molar-refractivity contribution in [1.82, 2.24) is 0 Å². The maximum atomic E-state index is 8.95. The molecule has 1 heterocycles. The number of ether oxygens (including phenoxy) is 1. The number of nitrogen functional groups attached to an aromatic ring is 1. The van der Waals surface area contributed by atoms with Gasteiger partial charge in [-0.05, 0) is 43.9 Å². The maximum Gasteiger partial charge on any atom is 0.101 e. The fourth-order valence-electron chi connectivity index (χ4n) is 2.34. The predicted octanol–water partition coefficient (Wildman–Crippen LogP) is 2.37. The van der Waals surface area contributed by atoms with Gasteiger partial charge >= 0.3 is 0 Å². The molecule has 1 unspecified atom stereocenters. The molecule has 18 heavy (non-hydrogen) atoms. The van der Waals surface area contributed by atoms with Crippen LogP contribution in [-0.4, -0.2) is 19.3 Å². The first kappa shape index (κ1) is 12.7. The van der Waals surface area contributed by atoms with E-state index in [2.05, 4.69) is 18.3 Å². The van der Waals surface area contributed by atoms with Crippen LogP contribution in [0.5, 0.6) is 0 Å². The van der Waals surface area contributed by atoms with E-state index in [4.69, 9.17) is 15.7 Å². The minimum Gasteiger partial charge on any atom is -0.398 e. The predicted molar refractivity (Wildman–Crippen MR) is 72.2 cm³/mol. The third-order valence-corrected chi connectivity index (χ3v) is 3.54. The Bertz CT molecular complexity index is 447. The first-order valence-corrected chi connectivity index (χ1v) is 6.34. The molecular formula is C14H19N3O. The molecule has 3 N–H and O–H groups in total. The zero-order chi connectivity index (χ0) is 13.0. The lowest BCUT2D eigenvalue weighted by atomic mass is 9.92. The molecule has 0 aromatic heterocycles. The highest BCUT2D eigenvalue weighted by Gasteiger charge is 2.20. The second-order valence-corrected chi connectivity index (χ2v) is 4.80. The van der Waals surface area contributed by atoms with Gasteiger partial charge in [-0.2, -0.15) is 5.26 Å². The molecule has 0 aliphatic carbocycles. The average molecular weight is 245 g/mol. The van der Waals surface area contributed by atoms with Gasteiger partial charge in [0.1, 0.15) is 6.07 Å². The SMILES string of the molecule is CC(Nc1ccc(N)c(C#N)c1)C1CCOCC1. The molecule has 4 nitrogen and oxygen atoms in total. The van der Waals surface area contributed by atoms with E-state index in [0.29, 0.717) is 23.2 Å². The number of hydrogen-bond acceptors (Lipinski definition) is 4. The molecule has 1 saturated heterocycles. The molecule has 0 bridgehead atoms. The third-order valence-electron chi connectivity index (χ3n) is 3.54. The summed E-state index contributed by atoms with van der Waals surface area (Å²) in [7, 11) is 0. The summed E-state index contributed by atoms with van der Waals surface area (Å²) in [6.07, 6.45) is 2.18. The van der Waals surface area contributed by atoms with Gasteiger partial charge in [0.2, 0.25) is 0 Å². The van der Waals surface area contributed by atoms with E-state index in [-0.39, 0.29) is 0 Å². The number of nitrogens with two attached hydrogens (primary N) is 1. The van der Waals surface area contributed by atoms with E-state index in [1.807, 2.05) is 12.1 Å². The second-order valence-electron chi connectivity index (χ2n) is 4.80. The van der Waals surface area contributed by atoms with Crippen molar-refractivity contribution < 1.29 is 4.74 Å². The normalized spacial score (nSPS) is 18.0. The van der Waals surface area contributed by atoms with Crippen molar-refractivity contribution in [2.24, 2.45) is 5.92 Å². The van der Waals surface area contributed by atoms with Crippen LogP contribution in [0, 0.1) is 17.2 Å². The smallest absolute Gasteiger partial charge is 0.101 e. The van der Waals surface area contributed by atoms with Gasteiger partial charge in [-0.15, -0.1) is 0 Å². The van der Waals surface area contributed by atoms with E-state index < -0.39 is 0 Å². The van der Waals surface area contributed by atoms with E-state index in [1.54, 1.807) is 6.07 Å². The van der Waals surface area contributed by atoms with E-state index in [1.165, 1.54) is 0 Å². The highest BCUT2D eigenvalue weighted by molar-refractivity contribution is 5.62. The molecule has 1 atom stereocenters. The minimum absolute atomic E-state index is 0.379. The molecule has 1 aliphatic heterocycles. The Morgan fingerprint density at radius 2 is 2.17 bits per heavy atom. The van der Waals surface area contributed by atoms with Gasteiger partial charge in [0.25, 0.3) is 0 Å². The fourth-order valence-corrected chi connectivity index (χ4v) is 2.34. The summed E-state index contributed by atoms with van der Waals surface area (Å²) < 4.78 is 5.36. The lowest BCUT2D eigenvalue weighted by Crippen LogP contribution is -2.30. The van der Waals surface area contributed by atoms with Crippen LogP contribution in [-0.2, 0) is 4.74 Å². The molecular weight excluding hydrogens is 226 g/mol. The van der Waals surface area contributed by atoms with Crippen LogP contribution in [0.25, 0.3) is 0 Å². The number of benzene rings is 1. The highest BCUT2D eigenvalue weighted by Crippen LogP contribution is 2.23. The average Bonchev–Trinajstić information content (AvgIpc) is 2.42. The summed E-state index contributed by atoms with van der Waals surface area (Å²) in [5, 5.41) is 12.4. The Labute approximate surface area is 108 Å². The van der Waals surface area contributed by atoms with Gasteiger partial charge in [0.05, 0.1) is 5.56 Å². The van der Waals surface area contributed by atoms with E-state index in [0.717, 1.165) is 31.7 Å². The Kier molecular flexibility index (Phi) is 4.06. The van der Waals surface area contributed by atoms with Gasteiger partial charge in [0.15, 0.2) is 0 Å². The number of rotatable bonds is 3. The van der Waals surface area contributed by atoms with Gasteiger partial charge in [-0.3, -0.25) is 0 Å². The number of nitrogens with one attached hydrogen (secondary N) is 1. The third kappa shape index (κ3) is 2.93. The molecule has 1 aliphatic rings. The molecule has 1 aromatic rings. The largest absolute Gasteiger partial charge is 0.398 e. The second kappa shape index (κ2) is 5.74. The summed E-state index contributed by atoms with van der Waals surface area (Å²) in [6, 6.07) is 7.99. The van der Waals surface area contributed by atoms with Crippen molar-refractivity contribution in [2.45, 2.75) is 25.8 Å². The highest BCUT2D eigenvalue weighted by atomic mass is 16.5. The van der Waals surface area contributed by atoms with Gasteiger partial charge in [-0.25, -0.2) is 0 Å². The molecule has 96 valence electrons. The van der Waals surface area contributed by atoms with Crippen LogP contribution in [0.3, 0.4) is 0 Å². The summed E-state index contributed by atoms with van der Waals surface area (Å²) in [6.45, 7) is 3.88. The minimum atomic E-state index is 0.379. The Balaban J connectivity index is 2.02. The number of nitrogens with zero attached hydrogens (tertiary/aromatic N) is 1. The van der Waals surface area contributed by atoms with Crippen molar-refractivity contribution in [2.75, 3.05) is 24.3 Å². The van der Waals surface area contributed by atoms with Crippen molar-refractivity contribution in [3.05, 3.63) is 23.8 Å². The topological polar surface area (TPSA) is 71.1 Å². The fraction of sp³-hybridized carbons (Fsp3) is 0.500. The standard InChI is InChI=1S/C14H19N3O/c1-10(11-4-6-18-7-5-11)17-13-2-3-14(16)12(8-13)9-15/h2-3,8,10-11,17H,4-7,16H2,1H3. The van der Waals surface area contributed by atoms with Crippen LogP contribution in [0.15, 0.2) is 18.2 Å². The summed E-state index contributed by atoms with van der Waals surface area (Å²) >= 11 is 0. The molecule has 2 rings (SSSR count). The lowest BCUT2D eigenvalue weighted by molar-refractivity contribution is 0.0622. The zero-order valence-electron chi connectivity index (χ0n) is 10.6. The molecule has 0 radical (unpaired) electrons.